The highest BCUT2D eigenvalue weighted by molar-refractivity contribution is 7.13. The number of aromatic carboxylic acids is 1. The lowest BCUT2D eigenvalue weighted by Crippen LogP contribution is -2.13. The van der Waals surface area contributed by atoms with Crippen LogP contribution in [0.2, 0.25) is 0 Å². The summed E-state index contributed by atoms with van der Waals surface area (Å²) in [4.78, 5) is 27.3. The molecule has 2 rings (SSSR count). The summed E-state index contributed by atoms with van der Waals surface area (Å²) in [5.74, 6) is -1.43. The fourth-order valence-electron chi connectivity index (χ4n) is 1.43. The Hall–Kier alpha value is -2.21. The fraction of sp³-hybridized carbons (Fsp3) is 0.0833. The van der Waals surface area contributed by atoms with Crippen LogP contribution in [0.25, 0.3) is 0 Å². The number of aryl methyl sites for hydroxylation is 1. The zero-order valence-corrected chi connectivity index (χ0v) is 10.3. The number of benzene rings is 1. The topological polar surface area (TPSA) is 79.3 Å². The van der Waals surface area contributed by atoms with Gasteiger partial charge < -0.3 is 10.4 Å². The third-order valence-electron chi connectivity index (χ3n) is 2.25. The van der Waals surface area contributed by atoms with Crippen molar-refractivity contribution >= 4 is 28.9 Å². The second-order valence-electron chi connectivity index (χ2n) is 3.55. The van der Waals surface area contributed by atoms with Crippen LogP contribution < -0.4 is 5.32 Å². The number of carboxylic acid groups (broad SMARTS) is 1. The van der Waals surface area contributed by atoms with Gasteiger partial charge in [0.1, 0.15) is 4.88 Å². The van der Waals surface area contributed by atoms with Gasteiger partial charge in [-0.25, -0.2) is 9.78 Å². The van der Waals surface area contributed by atoms with E-state index in [1.807, 2.05) is 0 Å². The number of carbonyl (C=O) groups excluding carboxylic acids is 1. The number of hydrogen-bond donors (Lipinski definition) is 2. The SMILES string of the molecule is Cc1ncc(C(=O)Nc2ccccc2C(=O)O)s1. The van der Waals surface area contributed by atoms with Gasteiger partial charge in [-0.05, 0) is 19.1 Å². The van der Waals surface area contributed by atoms with E-state index in [0.717, 1.165) is 5.01 Å². The van der Waals surface area contributed by atoms with E-state index in [4.69, 9.17) is 5.11 Å². The molecule has 0 aliphatic heterocycles. The van der Waals surface area contributed by atoms with Crippen LogP contribution in [0.4, 0.5) is 5.69 Å². The zero-order chi connectivity index (χ0) is 13.1. The first-order valence-electron chi connectivity index (χ1n) is 5.14. The van der Waals surface area contributed by atoms with Crippen molar-refractivity contribution in [1.29, 1.82) is 0 Å². The number of para-hydroxylation sites is 1. The van der Waals surface area contributed by atoms with Crippen molar-refractivity contribution in [1.82, 2.24) is 4.98 Å². The average molecular weight is 262 g/mol. The Morgan fingerprint density at radius 1 is 1.33 bits per heavy atom. The molecule has 1 aromatic heterocycles. The van der Waals surface area contributed by atoms with Gasteiger partial charge in [-0.15, -0.1) is 11.3 Å². The Balaban J connectivity index is 2.24. The minimum absolute atomic E-state index is 0.0621. The molecule has 0 saturated carbocycles. The predicted molar refractivity (Wildman–Crippen MR) is 68.2 cm³/mol. The van der Waals surface area contributed by atoms with Crippen molar-refractivity contribution in [3.05, 3.63) is 45.9 Å². The summed E-state index contributed by atoms with van der Waals surface area (Å²) < 4.78 is 0. The molecule has 1 heterocycles. The highest BCUT2D eigenvalue weighted by Crippen LogP contribution is 2.18. The van der Waals surface area contributed by atoms with Gasteiger partial charge in [0.2, 0.25) is 0 Å². The molecule has 6 heteroatoms. The van der Waals surface area contributed by atoms with E-state index in [0.29, 0.717) is 4.88 Å². The third-order valence-corrected chi connectivity index (χ3v) is 3.16. The predicted octanol–water partition coefficient (Wildman–Crippen LogP) is 2.40. The molecule has 92 valence electrons. The number of nitrogens with one attached hydrogen (secondary N) is 1. The average Bonchev–Trinajstić information content (AvgIpc) is 2.76. The quantitative estimate of drug-likeness (QED) is 0.890. The molecule has 0 atom stereocenters. The number of amides is 1. The number of hydrogen-bond acceptors (Lipinski definition) is 4. The van der Waals surface area contributed by atoms with Crippen LogP contribution in [0.3, 0.4) is 0 Å². The number of carbonyl (C=O) groups is 2. The minimum Gasteiger partial charge on any atom is -0.478 e. The molecule has 0 saturated heterocycles. The maximum Gasteiger partial charge on any atom is 0.337 e. The van der Waals surface area contributed by atoms with E-state index >= 15 is 0 Å². The number of nitrogens with zero attached hydrogens (tertiary/aromatic N) is 1. The molecular formula is C12H10N2O3S. The lowest BCUT2D eigenvalue weighted by Gasteiger charge is -2.06. The number of rotatable bonds is 3. The Morgan fingerprint density at radius 3 is 2.67 bits per heavy atom. The van der Waals surface area contributed by atoms with Crippen molar-refractivity contribution < 1.29 is 14.7 Å². The molecule has 1 aromatic carbocycles. The second-order valence-corrected chi connectivity index (χ2v) is 4.78. The number of thiazole rings is 1. The van der Waals surface area contributed by atoms with Gasteiger partial charge in [0.05, 0.1) is 22.5 Å². The second kappa shape index (κ2) is 4.97. The van der Waals surface area contributed by atoms with Gasteiger partial charge in [-0.1, -0.05) is 12.1 Å². The van der Waals surface area contributed by atoms with Crippen LogP contribution >= 0.6 is 11.3 Å². The fourth-order valence-corrected chi connectivity index (χ4v) is 2.10. The van der Waals surface area contributed by atoms with Crippen LogP contribution in [0.1, 0.15) is 25.0 Å². The number of aromatic nitrogens is 1. The molecule has 5 nitrogen and oxygen atoms in total. The van der Waals surface area contributed by atoms with Crippen molar-refractivity contribution in [2.24, 2.45) is 0 Å². The maximum atomic E-state index is 11.9. The zero-order valence-electron chi connectivity index (χ0n) is 9.51. The summed E-state index contributed by atoms with van der Waals surface area (Å²) in [6.45, 7) is 1.80. The van der Waals surface area contributed by atoms with Crippen molar-refractivity contribution in [3.63, 3.8) is 0 Å². The smallest absolute Gasteiger partial charge is 0.337 e. The summed E-state index contributed by atoms with van der Waals surface area (Å²) in [5.41, 5.74) is 0.341. The van der Waals surface area contributed by atoms with Gasteiger partial charge in [-0.2, -0.15) is 0 Å². The Bertz CT molecular complexity index is 607. The van der Waals surface area contributed by atoms with Crippen LogP contribution in [0, 0.1) is 6.92 Å². The maximum absolute atomic E-state index is 11.9. The Morgan fingerprint density at radius 2 is 2.06 bits per heavy atom. The molecular weight excluding hydrogens is 252 g/mol. The summed E-state index contributed by atoms with van der Waals surface area (Å²) in [6, 6.07) is 6.26. The highest BCUT2D eigenvalue weighted by Gasteiger charge is 2.14. The molecule has 2 aromatic rings. The molecule has 2 N–H and O–H groups in total. The summed E-state index contributed by atoms with van der Waals surface area (Å²) in [6.07, 6.45) is 1.47. The highest BCUT2D eigenvalue weighted by atomic mass is 32.1. The summed E-state index contributed by atoms with van der Waals surface area (Å²) in [7, 11) is 0. The van der Waals surface area contributed by atoms with Crippen molar-refractivity contribution in [2.45, 2.75) is 6.92 Å². The van der Waals surface area contributed by atoms with Gasteiger partial charge >= 0.3 is 5.97 Å². The van der Waals surface area contributed by atoms with Gasteiger partial charge in [0, 0.05) is 0 Å². The Labute approximate surface area is 107 Å². The lowest BCUT2D eigenvalue weighted by atomic mass is 10.2. The molecule has 0 aliphatic carbocycles. The van der Waals surface area contributed by atoms with Crippen LogP contribution in [-0.2, 0) is 0 Å². The first kappa shape index (κ1) is 12.3. The molecule has 18 heavy (non-hydrogen) atoms. The van der Waals surface area contributed by atoms with Gasteiger partial charge in [-0.3, -0.25) is 4.79 Å². The summed E-state index contributed by atoms with van der Waals surface area (Å²) >= 11 is 1.26. The van der Waals surface area contributed by atoms with Crippen LogP contribution in [-0.4, -0.2) is 22.0 Å². The normalized spacial score (nSPS) is 10.1. The molecule has 0 spiro atoms. The van der Waals surface area contributed by atoms with E-state index in [1.54, 1.807) is 25.1 Å². The molecule has 0 unspecified atom stereocenters. The van der Waals surface area contributed by atoms with E-state index in [9.17, 15) is 9.59 Å². The Kier molecular flexibility index (Phi) is 3.38. The molecule has 1 amide bonds. The van der Waals surface area contributed by atoms with E-state index < -0.39 is 5.97 Å². The first-order valence-corrected chi connectivity index (χ1v) is 5.95. The number of anilines is 1. The molecule has 0 fully saturated rings. The van der Waals surface area contributed by atoms with E-state index in [1.165, 1.54) is 23.6 Å². The molecule has 0 bridgehead atoms. The monoisotopic (exact) mass is 262 g/mol. The van der Waals surface area contributed by atoms with Crippen LogP contribution in [0.15, 0.2) is 30.5 Å². The third kappa shape index (κ3) is 2.54. The minimum atomic E-state index is -1.08. The van der Waals surface area contributed by atoms with E-state index in [-0.39, 0.29) is 17.2 Å². The molecule has 0 radical (unpaired) electrons. The standard InChI is InChI=1S/C12H10N2O3S/c1-7-13-6-10(18-7)11(15)14-9-5-3-2-4-8(9)12(16)17/h2-6H,1H3,(H,14,15)(H,16,17). The van der Waals surface area contributed by atoms with E-state index in [2.05, 4.69) is 10.3 Å². The first-order chi connectivity index (χ1) is 8.58. The van der Waals surface area contributed by atoms with Gasteiger partial charge in [0.25, 0.3) is 5.91 Å². The van der Waals surface area contributed by atoms with Crippen molar-refractivity contribution in [3.8, 4) is 0 Å². The lowest BCUT2D eigenvalue weighted by molar-refractivity contribution is 0.0698. The van der Waals surface area contributed by atoms with Gasteiger partial charge in [0.15, 0.2) is 0 Å². The largest absolute Gasteiger partial charge is 0.478 e. The summed E-state index contributed by atoms with van der Waals surface area (Å²) in [5, 5.41) is 12.3. The van der Waals surface area contributed by atoms with Crippen LogP contribution in [0.5, 0.6) is 0 Å². The molecule has 0 aliphatic rings. The van der Waals surface area contributed by atoms with Crippen molar-refractivity contribution in [2.75, 3.05) is 5.32 Å². The number of carboxylic acids is 1.